The van der Waals surface area contributed by atoms with E-state index in [0.29, 0.717) is 19.3 Å². The molecule has 5 amide bonds. The molecule has 1 aromatic rings. The number of nitrogens with zero attached hydrogens (tertiary/aromatic N) is 1. The van der Waals surface area contributed by atoms with Gasteiger partial charge in [-0.2, -0.15) is 13.2 Å². The number of carbonyl (C=O) groups is 5. The van der Waals surface area contributed by atoms with Crippen molar-refractivity contribution in [3.05, 3.63) is 35.4 Å². The van der Waals surface area contributed by atoms with Crippen molar-refractivity contribution in [2.45, 2.75) is 90.1 Å². The maximum Gasteiger partial charge on any atom is 0.389 e. The van der Waals surface area contributed by atoms with E-state index in [-0.39, 0.29) is 30.5 Å². The Balaban J connectivity index is 1.87. The number of Topliss-reactive ketones (excluding diaryl/α,β-unsaturated/α-hetero) is 1. The van der Waals surface area contributed by atoms with Gasteiger partial charge < -0.3 is 31.3 Å². The van der Waals surface area contributed by atoms with Crippen LogP contribution in [0.4, 0.5) is 18.0 Å². The summed E-state index contributed by atoms with van der Waals surface area (Å²) in [5.41, 5.74) is 6.75. The first kappa shape index (κ1) is 35.8. The molecule has 0 radical (unpaired) electrons. The van der Waals surface area contributed by atoms with Gasteiger partial charge in [0.25, 0.3) is 5.91 Å². The van der Waals surface area contributed by atoms with Gasteiger partial charge in [-0.1, -0.05) is 52.0 Å². The third kappa shape index (κ3) is 9.41. The van der Waals surface area contributed by atoms with E-state index in [4.69, 9.17) is 10.5 Å². The molecule has 2 aliphatic rings. The van der Waals surface area contributed by atoms with Crippen LogP contribution in [0.1, 0.15) is 58.1 Å². The van der Waals surface area contributed by atoms with Gasteiger partial charge in [-0.15, -0.1) is 0 Å². The largest absolute Gasteiger partial charge is 0.389 e. The van der Waals surface area contributed by atoms with Crippen LogP contribution in [0.3, 0.4) is 0 Å². The van der Waals surface area contributed by atoms with Crippen molar-refractivity contribution in [3.8, 4) is 0 Å². The number of urea groups is 1. The number of halogens is 3. The summed E-state index contributed by atoms with van der Waals surface area (Å²) in [7, 11) is 1.52. The highest BCUT2D eigenvalue weighted by Crippen LogP contribution is 2.32. The number of fused-ring (bicyclic) bond motifs is 1. The van der Waals surface area contributed by atoms with Crippen LogP contribution >= 0.6 is 0 Å². The number of primary amides is 1. The number of rotatable bonds is 12. The van der Waals surface area contributed by atoms with Crippen LogP contribution in [-0.2, 0) is 36.8 Å². The number of hydrogen-bond acceptors (Lipinski definition) is 6. The minimum Gasteiger partial charge on any atom is -0.383 e. The Morgan fingerprint density at radius 3 is 2.13 bits per heavy atom. The monoisotopic (exact) mass is 639 g/mol. The van der Waals surface area contributed by atoms with Gasteiger partial charge in [0, 0.05) is 20.1 Å². The zero-order valence-corrected chi connectivity index (χ0v) is 26.3. The molecule has 0 saturated carbocycles. The second-order valence-corrected chi connectivity index (χ2v) is 13.1. The van der Waals surface area contributed by atoms with Crippen molar-refractivity contribution in [1.29, 1.82) is 0 Å². The molecule has 1 unspecified atom stereocenters. The summed E-state index contributed by atoms with van der Waals surface area (Å²) in [4.78, 5) is 66.3. The Bertz CT molecular complexity index is 1240. The van der Waals surface area contributed by atoms with Crippen molar-refractivity contribution < 1.29 is 41.9 Å². The van der Waals surface area contributed by atoms with Crippen molar-refractivity contribution >= 4 is 29.5 Å². The standard InChI is InChI=1S/C31H44F3N5O6/c1-17-11-13-39(24(17)27(42)36-21(25(40)26(35)41)10-12-31(32,33)34)28(43)23(20-14-18-8-6-7-9-19(18)15-20)38-29(44)37-22(16-45-5)30(2,3)4/h6-9,17,20-24H,10-16H2,1-5H3,(H2,35,41)(H,36,42)(H2,37,38,44)/t17-,21?,22+,23-,24-/m0/s1. The van der Waals surface area contributed by atoms with E-state index in [1.165, 1.54) is 12.0 Å². The fraction of sp³-hybridized carbons (Fsp3) is 0.645. The van der Waals surface area contributed by atoms with Gasteiger partial charge in [-0.3, -0.25) is 19.2 Å². The van der Waals surface area contributed by atoms with Gasteiger partial charge in [0.2, 0.25) is 17.6 Å². The lowest BCUT2D eigenvalue weighted by molar-refractivity contribution is -0.146. The molecular formula is C31H44F3N5O6. The molecule has 1 saturated heterocycles. The van der Waals surface area contributed by atoms with E-state index in [2.05, 4.69) is 16.0 Å². The van der Waals surface area contributed by atoms with Crippen molar-refractivity contribution in [3.63, 3.8) is 0 Å². The minimum atomic E-state index is -4.64. The van der Waals surface area contributed by atoms with E-state index in [0.717, 1.165) is 11.1 Å². The van der Waals surface area contributed by atoms with E-state index < -0.39 is 72.6 Å². The summed E-state index contributed by atoms with van der Waals surface area (Å²) in [5.74, 6) is -5.01. The summed E-state index contributed by atoms with van der Waals surface area (Å²) >= 11 is 0. The number of nitrogens with two attached hydrogens (primary N) is 1. The zero-order chi connectivity index (χ0) is 33.7. The third-order valence-electron chi connectivity index (χ3n) is 8.63. The summed E-state index contributed by atoms with van der Waals surface area (Å²) in [5, 5.41) is 8.00. The number of amides is 5. The van der Waals surface area contributed by atoms with Gasteiger partial charge in [0.05, 0.1) is 18.7 Å². The SMILES string of the molecule is COC[C@@H](NC(=O)N[C@H](C(=O)N1CC[C@H](C)[C@H]1C(=O)NC(CCC(F)(F)F)C(=O)C(N)=O)C1Cc2ccccc2C1)C(C)(C)C. The lowest BCUT2D eigenvalue weighted by atomic mass is 9.87. The Kier molecular flexibility index (Phi) is 11.6. The minimum absolute atomic E-state index is 0.142. The van der Waals surface area contributed by atoms with Crippen LogP contribution in [0.15, 0.2) is 24.3 Å². The number of benzene rings is 1. The first-order valence-electron chi connectivity index (χ1n) is 15.1. The van der Waals surface area contributed by atoms with E-state index >= 15 is 0 Å². The number of ether oxygens (including phenoxy) is 1. The molecule has 14 heteroatoms. The number of hydrogen-bond donors (Lipinski definition) is 4. The van der Waals surface area contributed by atoms with E-state index in [1.807, 2.05) is 45.0 Å². The second-order valence-electron chi connectivity index (χ2n) is 13.1. The maximum atomic E-state index is 14.3. The molecule has 1 aliphatic heterocycles. The quantitative estimate of drug-likeness (QED) is 0.257. The molecule has 5 atom stereocenters. The zero-order valence-electron chi connectivity index (χ0n) is 26.3. The first-order chi connectivity index (χ1) is 20.9. The molecule has 1 aliphatic carbocycles. The molecule has 0 spiro atoms. The molecule has 11 nitrogen and oxygen atoms in total. The van der Waals surface area contributed by atoms with Gasteiger partial charge in [-0.25, -0.2) is 4.79 Å². The summed E-state index contributed by atoms with van der Waals surface area (Å²) in [6, 6.07) is 2.71. The maximum absolute atomic E-state index is 14.3. The van der Waals surface area contributed by atoms with Crippen LogP contribution in [0.25, 0.3) is 0 Å². The molecule has 1 fully saturated rings. The number of methoxy groups -OCH3 is 1. The average Bonchev–Trinajstić information content (AvgIpc) is 3.55. The van der Waals surface area contributed by atoms with Crippen molar-refractivity contribution in [1.82, 2.24) is 20.9 Å². The molecule has 250 valence electrons. The molecule has 1 aromatic carbocycles. The number of likely N-dealkylation sites (tertiary alicyclic amines) is 1. The van der Waals surface area contributed by atoms with Crippen LogP contribution in [0, 0.1) is 17.3 Å². The third-order valence-corrected chi connectivity index (χ3v) is 8.63. The number of carbonyl (C=O) groups excluding carboxylic acids is 5. The predicted molar refractivity (Wildman–Crippen MR) is 159 cm³/mol. The Morgan fingerprint density at radius 2 is 1.62 bits per heavy atom. The molecule has 0 aromatic heterocycles. The Hall–Kier alpha value is -3.68. The van der Waals surface area contributed by atoms with Crippen LogP contribution < -0.4 is 21.7 Å². The summed E-state index contributed by atoms with van der Waals surface area (Å²) in [6.07, 6.45) is -5.56. The molecule has 0 bridgehead atoms. The van der Waals surface area contributed by atoms with Crippen molar-refractivity contribution in [2.24, 2.45) is 23.0 Å². The second kappa shape index (κ2) is 14.6. The normalized spacial score (nSPS) is 20.6. The van der Waals surface area contributed by atoms with Gasteiger partial charge in [0.15, 0.2) is 0 Å². The van der Waals surface area contributed by atoms with E-state index in [9.17, 15) is 37.1 Å². The lowest BCUT2D eigenvalue weighted by Crippen LogP contribution is -2.60. The number of nitrogens with one attached hydrogen (secondary N) is 3. The highest BCUT2D eigenvalue weighted by Gasteiger charge is 2.46. The highest BCUT2D eigenvalue weighted by molar-refractivity contribution is 6.37. The number of alkyl halides is 3. The summed E-state index contributed by atoms with van der Waals surface area (Å²) in [6.45, 7) is 7.89. The summed E-state index contributed by atoms with van der Waals surface area (Å²) < 4.78 is 44.1. The van der Waals surface area contributed by atoms with Gasteiger partial charge in [0.1, 0.15) is 12.1 Å². The fourth-order valence-corrected chi connectivity index (χ4v) is 6.00. The average molecular weight is 640 g/mol. The first-order valence-corrected chi connectivity index (χ1v) is 15.1. The fourth-order valence-electron chi connectivity index (χ4n) is 6.00. The molecular weight excluding hydrogens is 595 g/mol. The van der Waals surface area contributed by atoms with E-state index in [1.54, 1.807) is 6.92 Å². The van der Waals surface area contributed by atoms with Crippen LogP contribution in [0.5, 0.6) is 0 Å². The molecule has 45 heavy (non-hydrogen) atoms. The predicted octanol–water partition coefficient (Wildman–Crippen LogP) is 2.25. The van der Waals surface area contributed by atoms with Crippen molar-refractivity contribution in [2.75, 3.05) is 20.3 Å². The Morgan fingerprint density at radius 1 is 1.02 bits per heavy atom. The molecule has 3 rings (SSSR count). The topological polar surface area (TPSA) is 160 Å². The number of ketones is 1. The Labute approximate surface area is 261 Å². The highest BCUT2D eigenvalue weighted by atomic mass is 19.4. The van der Waals surface area contributed by atoms with Crippen LogP contribution in [-0.4, -0.2) is 85.0 Å². The van der Waals surface area contributed by atoms with Gasteiger partial charge >= 0.3 is 12.2 Å². The smallest absolute Gasteiger partial charge is 0.383 e. The van der Waals surface area contributed by atoms with Gasteiger partial charge in [-0.05, 0) is 54.1 Å². The van der Waals surface area contributed by atoms with Crippen LogP contribution in [0.2, 0.25) is 0 Å². The molecule has 5 N–H and O–H groups in total. The molecule has 1 heterocycles. The lowest BCUT2D eigenvalue weighted by Gasteiger charge is -2.35.